The first kappa shape index (κ1) is 17.5. The number of hydrogen-bond donors (Lipinski definition) is 3. The minimum absolute atomic E-state index is 0.000586. The number of fused-ring (bicyclic) bond motifs is 1. The molecule has 0 fully saturated rings. The lowest BCUT2D eigenvalue weighted by Crippen LogP contribution is -2.31. The van der Waals surface area contributed by atoms with Gasteiger partial charge in [-0.3, -0.25) is 4.79 Å². The highest BCUT2D eigenvalue weighted by Gasteiger charge is 2.15. The number of nitrogens with one attached hydrogen (secondary N) is 3. The predicted molar refractivity (Wildman–Crippen MR) is 97.5 cm³/mol. The molecule has 0 bridgehead atoms. The van der Waals surface area contributed by atoms with Crippen LogP contribution in [0.4, 0.5) is 20.6 Å². The summed E-state index contributed by atoms with van der Waals surface area (Å²) in [6, 6.07) is 12.5. The molecule has 3 N–H and O–H groups in total. The third kappa shape index (κ3) is 4.00. The van der Waals surface area contributed by atoms with Crippen molar-refractivity contribution >= 4 is 34.3 Å². The molecular weight excluding hydrogens is 337 g/mol. The molecule has 26 heavy (non-hydrogen) atoms. The van der Waals surface area contributed by atoms with Gasteiger partial charge in [-0.05, 0) is 37.3 Å². The number of benzene rings is 2. The van der Waals surface area contributed by atoms with Crippen molar-refractivity contribution in [3.8, 4) is 0 Å². The third-order valence-electron chi connectivity index (χ3n) is 3.75. The Labute approximate surface area is 149 Å². The number of carbonyl (C=O) groups is 2. The maximum atomic E-state index is 13.6. The minimum Gasteiger partial charge on any atom is -0.459 e. The summed E-state index contributed by atoms with van der Waals surface area (Å²) in [5.74, 6) is -0.356. The Morgan fingerprint density at radius 2 is 1.85 bits per heavy atom. The van der Waals surface area contributed by atoms with Gasteiger partial charge in [0.25, 0.3) is 0 Å². The molecule has 0 aliphatic rings. The zero-order valence-corrected chi connectivity index (χ0v) is 14.3. The Bertz CT molecular complexity index is 935. The number of para-hydroxylation sites is 1. The Hall–Kier alpha value is -3.35. The van der Waals surface area contributed by atoms with Crippen LogP contribution in [0.5, 0.6) is 0 Å². The van der Waals surface area contributed by atoms with Crippen molar-refractivity contribution in [3.63, 3.8) is 0 Å². The van der Waals surface area contributed by atoms with Gasteiger partial charge in [-0.1, -0.05) is 18.2 Å². The monoisotopic (exact) mass is 355 g/mol. The van der Waals surface area contributed by atoms with Crippen LogP contribution in [0, 0.1) is 5.82 Å². The van der Waals surface area contributed by atoms with Crippen LogP contribution in [-0.2, 0) is 4.79 Å². The summed E-state index contributed by atoms with van der Waals surface area (Å²) in [5.41, 5.74) is 1.10. The van der Waals surface area contributed by atoms with Gasteiger partial charge in [0.1, 0.15) is 17.2 Å². The van der Waals surface area contributed by atoms with Crippen molar-refractivity contribution in [2.75, 3.05) is 10.6 Å². The van der Waals surface area contributed by atoms with E-state index in [1.165, 1.54) is 25.1 Å². The third-order valence-corrected chi connectivity index (χ3v) is 3.75. The first-order chi connectivity index (χ1) is 12.4. The van der Waals surface area contributed by atoms with Crippen LogP contribution in [0.2, 0.25) is 0 Å². The molecule has 2 aromatic carbocycles. The average molecular weight is 355 g/mol. The number of halogens is 1. The fraction of sp³-hybridized carbons (Fsp3) is 0.158. The van der Waals surface area contributed by atoms with E-state index >= 15 is 0 Å². The number of carbonyl (C=O) groups excluding carboxylic acids is 2. The number of urea groups is 1. The summed E-state index contributed by atoms with van der Waals surface area (Å²) in [4.78, 5) is 23.3. The lowest BCUT2D eigenvalue weighted by molar-refractivity contribution is -0.114. The molecule has 3 aromatic rings. The molecule has 0 unspecified atom stereocenters. The topological polar surface area (TPSA) is 83.4 Å². The zero-order chi connectivity index (χ0) is 18.7. The van der Waals surface area contributed by atoms with Gasteiger partial charge in [0.2, 0.25) is 5.91 Å². The Morgan fingerprint density at radius 1 is 1.08 bits per heavy atom. The predicted octanol–water partition coefficient (Wildman–Crippen LogP) is 4.41. The number of rotatable bonds is 4. The van der Waals surface area contributed by atoms with Gasteiger partial charge in [-0.2, -0.15) is 0 Å². The summed E-state index contributed by atoms with van der Waals surface area (Å²) in [7, 11) is 0. The lowest BCUT2D eigenvalue weighted by Gasteiger charge is -2.13. The van der Waals surface area contributed by atoms with Crippen molar-refractivity contribution in [3.05, 3.63) is 60.1 Å². The number of anilines is 2. The lowest BCUT2D eigenvalue weighted by atomic mass is 10.2. The largest absolute Gasteiger partial charge is 0.459 e. The zero-order valence-electron chi connectivity index (χ0n) is 14.3. The number of hydrogen-bond acceptors (Lipinski definition) is 3. The van der Waals surface area contributed by atoms with E-state index in [1.807, 2.05) is 30.3 Å². The fourth-order valence-corrected chi connectivity index (χ4v) is 2.54. The van der Waals surface area contributed by atoms with Gasteiger partial charge in [0.15, 0.2) is 0 Å². The molecule has 6 nitrogen and oxygen atoms in total. The molecular formula is C19H18FN3O3. The highest BCUT2D eigenvalue weighted by atomic mass is 19.1. The van der Waals surface area contributed by atoms with E-state index in [4.69, 9.17) is 4.42 Å². The molecule has 1 heterocycles. The van der Waals surface area contributed by atoms with Crippen LogP contribution in [0.3, 0.4) is 0 Å². The Morgan fingerprint density at radius 3 is 2.58 bits per heavy atom. The molecule has 1 aromatic heterocycles. The highest BCUT2D eigenvalue weighted by Crippen LogP contribution is 2.24. The van der Waals surface area contributed by atoms with Gasteiger partial charge in [-0.25, -0.2) is 9.18 Å². The van der Waals surface area contributed by atoms with Crippen molar-refractivity contribution in [1.82, 2.24) is 5.32 Å². The van der Waals surface area contributed by atoms with Crippen LogP contribution >= 0.6 is 0 Å². The second kappa shape index (κ2) is 7.26. The highest BCUT2D eigenvalue weighted by molar-refractivity contribution is 5.92. The number of amides is 3. The summed E-state index contributed by atoms with van der Waals surface area (Å²) >= 11 is 0. The first-order valence-electron chi connectivity index (χ1n) is 8.05. The smallest absolute Gasteiger partial charge is 0.319 e. The van der Waals surface area contributed by atoms with E-state index in [0.29, 0.717) is 11.4 Å². The first-order valence-corrected chi connectivity index (χ1v) is 8.05. The quantitative estimate of drug-likeness (QED) is 0.648. The van der Waals surface area contributed by atoms with Crippen LogP contribution in [-0.4, -0.2) is 11.9 Å². The average Bonchev–Trinajstić information content (AvgIpc) is 3.01. The molecule has 0 saturated heterocycles. The second-order valence-electron chi connectivity index (χ2n) is 5.88. The molecule has 0 spiro atoms. The fourth-order valence-electron chi connectivity index (χ4n) is 2.54. The summed E-state index contributed by atoms with van der Waals surface area (Å²) in [6.45, 7) is 3.08. The SMILES string of the molecule is CC(=O)Nc1cc(NC(=O)N[C@@H](C)c2cc3ccccc3o2)ccc1F. The van der Waals surface area contributed by atoms with Crippen LogP contribution in [0.1, 0.15) is 25.6 Å². The van der Waals surface area contributed by atoms with Gasteiger partial charge in [0.05, 0.1) is 11.7 Å². The van der Waals surface area contributed by atoms with Gasteiger partial charge in [0, 0.05) is 18.0 Å². The summed E-state index contributed by atoms with van der Waals surface area (Å²) in [6.07, 6.45) is 0. The van der Waals surface area contributed by atoms with Crippen molar-refractivity contribution in [1.29, 1.82) is 0 Å². The Balaban J connectivity index is 1.67. The normalized spacial score (nSPS) is 11.8. The second-order valence-corrected chi connectivity index (χ2v) is 5.88. The molecule has 0 aliphatic heterocycles. The summed E-state index contributed by atoms with van der Waals surface area (Å²) in [5, 5.41) is 8.68. The summed E-state index contributed by atoms with van der Waals surface area (Å²) < 4.78 is 19.4. The van der Waals surface area contributed by atoms with Gasteiger partial charge >= 0.3 is 6.03 Å². The molecule has 0 saturated carbocycles. The van der Waals surface area contributed by atoms with Crippen LogP contribution < -0.4 is 16.0 Å². The van der Waals surface area contributed by atoms with E-state index in [2.05, 4.69) is 16.0 Å². The van der Waals surface area contributed by atoms with E-state index < -0.39 is 17.8 Å². The van der Waals surface area contributed by atoms with E-state index in [-0.39, 0.29) is 11.7 Å². The van der Waals surface area contributed by atoms with Crippen molar-refractivity contribution < 1.29 is 18.4 Å². The van der Waals surface area contributed by atoms with E-state index in [9.17, 15) is 14.0 Å². The molecule has 134 valence electrons. The maximum Gasteiger partial charge on any atom is 0.319 e. The van der Waals surface area contributed by atoms with Crippen LogP contribution in [0.25, 0.3) is 11.0 Å². The molecule has 0 aliphatic carbocycles. The van der Waals surface area contributed by atoms with Gasteiger partial charge < -0.3 is 20.4 Å². The molecule has 1 atom stereocenters. The number of furan rings is 1. The minimum atomic E-state index is -0.582. The maximum absolute atomic E-state index is 13.6. The van der Waals surface area contributed by atoms with Crippen LogP contribution in [0.15, 0.2) is 52.9 Å². The van der Waals surface area contributed by atoms with E-state index in [1.54, 1.807) is 6.92 Å². The Kier molecular flexibility index (Phi) is 4.88. The standard InChI is InChI=1S/C19H18FN3O3/c1-11(18-9-13-5-3-4-6-17(13)26-18)21-19(25)23-14-7-8-15(20)16(10-14)22-12(2)24/h3-11H,1-2H3,(H,22,24)(H2,21,23,25)/t11-/m0/s1. The van der Waals surface area contributed by atoms with Crippen molar-refractivity contribution in [2.24, 2.45) is 0 Å². The molecule has 7 heteroatoms. The van der Waals surface area contributed by atoms with E-state index in [0.717, 1.165) is 11.0 Å². The molecule has 3 rings (SSSR count). The van der Waals surface area contributed by atoms with Gasteiger partial charge in [-0.15, -0.1) is 0 Å². The van der Waals surface area contributed by atoms with Crippen molar-refractivity contribution in [2.45, 2.75) is 19.9 Å². The molecule has 0 radical (unpaired) electrons. The molecule has 3 amide bonds.